The molecule has 0 aliphatic heterocycles. The maximum atomic E-state index is 12.5. The van der Waals surface area contributed by atoms with Crippen LogP contribution in [0.4, 0.5) is 0 Å². The number of benzene rings is 2. The summed E-state index contributed by atoms with van der Waals surface area (Å²) in [6, 6.07) is 11.4. The number of aryl methyl sites for hydroxylation is 2. The fraction of sp³-hybridized carbons (Fsp3) is 0.333. The average Bonchev–Trinajstić information content (AvgIpc) is 3.02. The Hall–Kier alpha value is -3.02. The van der Waals surface area contributed by atoms with E-state index in [0.29, 0.717) is 30.0 Å². The average molecular weight is 367 g/mol. The molecule has 1 N–H and O–H groups in total. The molecule has 0 spiro atoms. The number of imidazole rings is 1. The molecule has 1 amide bonds. The van der Waals surface area contributed by atoms with Crippen LogP contribution in [-0.2, 0) is 19.9 Å². The smallest absolute Gasteiger partial charge is 0.251 e. The van der Waals surface area contributed by atoms with Gasteiger partial charge in [0.1, 0.15) is 5.82 Å². The van der Waals surface area contributed by atoms with E-state index in [-0.39, 0.29) is 5.91 Å². The second-order valence-electron chi connectivity index (χ2n) is 6.34. The van der Waals surface area contributed by atoms with Crippen LogP contribution in [0.15, 0.2) is 36.4 Å². The van der Waals surface area contributed by atoms with Gasteiger partial charge in [-0.05, 0) is 42.3 Å². The number of hydrogen-bond donors (Lipinski definition) is 1. The minimum absolute atomic E-state index is 0.0962. The standard InChI is InChI=1S/C21H25N3O3/c1-5-20-23-16-13-15(7-8-17(16)24(20)2)21(25)22-11-10-14-6-9-18(26-3)19(12-14)27-4/h6-9,12-13H,5,10-11H2,1-4H3,(H,22,25). The minimum Gasteiger partial charge on any atom is -0.493 e. The molecule has 27 heavy (non-hydrogen) atoms. The van der Waals surface area contributed by atoms with Crippen molar-refractivity contribution >= 4 is 16.9 Å². The van der Waals surface area contributed by atoms with E-state index in [2.05, 4.69) is 21.8 Å². The molecular weight excluding hydrogens is 342 g/mol. The monoisotopic (exact) mass is 367 g/mol. The van der Waals surface area contributed by atoms with Crippen LogP contribution in [0.5, 0.6) is 11.5 Å². The largest absolute Gasteiger partial charge is 0.493 e. The van der Waals surface area contributed by atoms with Crippen LogP contribution in [0.1, 0.15) is 28.7 Å². The fourth-order valence-electron chi connectivity index (χ4n) is 3.17. The van der Waals surface area contributed by atoms with Gasteiger partial charge in [0.15, 0.2) is 11.5 Å². The maximum absolute atomic E-state index is 12.5. The van der Waals surface area contributed by atoms with Gasteiger partial charge in [-0.1, -0.05) is 13.0 Å². The number of amides is 1. The summed E-state index contributed by atoms with van der Waals surface area (Å²) in [5, 5.41) is 2.97. The maximum Gasteiger partial charge on any atom is 0.251 e. The first-order valence-corrected chi connectivity index (χ1v) is 9.01. The van der Waals surface area contributed by atoms with Crippen LogP contribution in [-0.4, -0.2) is 36.2 Å². The van der Waals surface area contributed by atoms with Crippen LogP contribution < -0.4 is 14.8 Å². The Morgan fingerprint density at radius 2 is 1.89 bits per heavy atom. The van der Waals surface area contributed by atoms with Gasteiger partial charge in [0.05, 0.1) is 25.3 Å². The summed E-state index contributed by atoms with van der Waals surface area (Å²) in [6.07, 6.45) is 1.57. The molecule has 142 valence electrons. The van der Waals surface area contributed by atoms with Crippen molar-refractivity contribution in [1.29, 1.82) is 0 Å². The predicted octanol–water partition coefficient (Wildman–Crippen LogP) is 3.13. The SMILES string of the molecule is CCc1nc2cc(C(=O)NCCc3ccc(OC)c(OC)c3)ccc2n1C. The zero-order valence-corrected chi connectivity index (χ0v) is 16.2. The molecule has 0 aliphatic carbocycles. The van der Waals surface area contributed by atoms with Crippen LogP contribution >= 0.6 is 0 Å². The van der Waals surface area contributed by atoms with Crippen molar-refractivity contribution in [2.75, 3.05) is 20.8 Å². The van der Waals surface area contributed by atoms with Crippen molar-refractivity contribution in [1.82, 2.24) is 14.9 Å². The topological polar surface area (TPSA) is 65.4 Å². The summed E-state index contributed by atoms with van der Waals surface area (Å²) in [5.74, 6) is 2.30. The molecule has 0 atom stereocenters. The summed E-state index contributed by atoms with van der Waals surface area (Å²) >= 11 is 0. The Balaban J connectivity index is 1.65. The van der Waals surface area contributed by atoms with E-state index in [9.17, 15) is 4.79 Å². The summed E-state index contributed by atoms with van der Waals surface area (Å²) in [5.41, 5.74) is 3.58. The molecule has 0 unspecified atom stereocenters. The third-order valence-electron chi connectivity index (χ3n) is 4.70. The number of carbonyl (C=O) groups is 1. The van der Waals surface area contributed by atoms with Gasteiger partial charge in [-0.3, -0.25) is 4.79 Å². The first kappa shape index (κ1) is 18.8. The highest BCUT2D eigenvalue weighted by Crippen LogP contribution is 2.27. The van der Waals surface area contributed by atoms with Gasteiger partial charge in [0.25, 0.3) is 5.91 Å². The molecule has 0 aliphatic rings. The van der Waals surface area contributed by atoms with E-state index >= 15 is 0 Å². The van der Waals surface area contributed by atoms with Crippen molar-refractivity contribution in [3.05, 3.63) is 53.3 Å². The highest BCUT2D eigenvalue weighted by atomic mass is 16.5. The van der Waals surface area contributed by atoms with E-state index in [1.165, 1.54) is 0 Å². The van der Waals surface area contributed by atoms with Crippen molar-refractivity contribution in [2.24, 2.45) is 7.05 Å². The molecule has 0 fully saturated rings. The van der Waals surface area contributed by atoms with E-state index < -0.39 is 0 Å². The summed E-state index contributed by atoms with van der Waals surface area (Å²) in [7, 11) is 5.22. The Kier molecular flexibility index (Phi) is 5.64. The number of aromatic nitrogens is 2. The lowest BCUT2D eigenvalue weighted by molar-refractivity contribution is 0.0954. The van der Waals surface area contributed by atoms with Gasteiger partial charge >= 0.3 is 0 Å². The van der Waals surface area contributed by atoms with E-state index in [0.717, 1.165) is 28.8 Å². The lowest BCUT2D eigenvalue weighted by Crippen LogP contribution is -2.25. The molecular formula is C21H25N3O3. The third-order valence-corrected chi connectivity index (χ3v) is 4.70. The molecule has 2 aromatic carbocycles. The highest BCUT2D eigenvalue weighted by molar-refractivity contribution is 5.97. The first-order valence-electron chi connectivity index (χ1n) is 9.01. The summed E-state index contributed by atoms with van der Waals surface area (Å²) in [4.78, 5) is 17.1. The van der Waals surface area contributed by atoms with Crippen molar-refractivity contribution in [3.8, 4) is 11.5 Å². The number of hydrogen-bond acceptors (Lipinski definition) is 4. The molecule has 1 heterocycles. The number of carbonyl (C=O) groups excluding carboxylic acids is 1. The summed E-state index contributed by atoms with van der Waals surface area (Å²) in [6.45, 7) is 2.61. The molecule has 3 aromatic rings. The predicted molar refractivity (Wildman–Crippen MR) is 106 cm³/mol. The van der Waals surface area contributed by atoms with Crippen molar-refractivity contribution in [3.63, 3.8) is 0 Å². The normalized spacial score (nSPS) is 10.8. The van der Waals surface area contributed by atoms with Crippen molar-refractivity contribution in [2.45, 2.75) is 19.8 Å². The zero-order valence-electron chi connectivity index (χ0n) is 16.2. The van der Waals surface area contributed by atoms with E-state index in [1.54, 1.807) is 14.2 Å². The van der Waals surface area contributed by atoms with Gasteiger partial charge < -0.3 is 19.4 Å². The Morgan fingerprint density at radius 3 is 2.59 bits per heavy atom. The van der Waals surface area contributed by atoms with Gasteiger partial charge in [0.2, 0.25) is 0 Å². The molecule has 1 aromatic heterocycles. The van der Waals surface area contributed by atoms with Crippen LogP contribution in [0.25, 0.3) is 11.0 Å². The Morgan fingerprint density at radius 1 is 1.11 bits per heavy atom. The second kappa shape index (κ2) is 8.12. The molecule has 3 rings (SSSR count). The third kappa shape index (κ3) is 3.89. The van der Waals surface area contributed by atoms with Gasteiger partial charge in [0, 0.05) is 25.6 Å². The molecule has 0 bridgehead atoms. The lowest BCUT2D eigenvalue weighted by atomic mass is 10.1. The fourth-order valence-corrected chi connectivity index (χ4v) is 3.17. The lowest BCUT2D eigenvalue weighted by Gasteiger charge is -2.10. The van der Waals surface area contributed by atoms with Gasteiger partial charge in [-0.25, -0.2) is 4.98 Å². The molecule has 0 radical (unpaired) electrons. The Labute approximate surface area is 159 Å². The molecule has 0 saturated heterocycles. The van der Waals surface area contributed by atoms with Gasteiger partial charge in [-0.2, -0.15) is 0 Å². The number of ether oxygens (including phenoxy) is 2. The zero-order chi connectivity index (χ0) is 19.4. The minimum atomic E-state index is -0.0962. The van der Waals surface area contributed by atoms with Gasteiger partial charge in [-0.15, -0.1) is 0 Å². The summed E-state index contributed by atoms with van der Waals surface area (Å²) < 4.78 is 12.6. The number of methoxy groups -OCH3 is 2. The van der Waals surface area contributed by atoms with Crippen LogP contribution in [0.3, 0.4) is 0 Å². The molecule has 0 saturated carbocycles. The van der Waals surface area contributed by atoms with E-state index in [1.807, 2.05) is 43.4 Å². The Bertz CT molecular complexity index is 963. The van der Waals surface area contributed by atoms with Crippen LogP contribution in [0, 0.1) is 0 Å². The number of fused-ring (bicyclic) bond motifs is 1. The van der Waals surface area contributed by atoms with Crippen LogP contribution in [0.2, 0.25) is 0 Å². The molecule has 6 heteroatoms. The first-order chi connectivity index (χ1) is 13.1. The number of nitrogens with zero attached hydrogens (tertiary/aromatic N) is 2. The second-order valence-corrected chi connectivity index (χ2v) is 6.34. The number of nitrogens with one attached hydrogen (secondary N) is 1. The molecule has 6 nitrogen and oxygen atoms in total. The highest BCUT2D eigenvalue weighted by Gasteiger charge is 2.11. The van der Waals surface area contributed by atoms with Crippen molar-refractivity contribution < 1.29 is 14.3 Å². The quantitative estimate of drug-likeness (QED) is 0.697. The van der Waals surface area contributed by atoms with E-state index in [4.69, 9.17) is 9.47 Å². The number of rotatable bonds is 7.